The van der Waals surface area contributed by atoms with Crippen molar-refractivity contribution in [2.45, 2.75) is 134 Å². The van der Waals surface area contributed by atoms with Crippen LogP contribution in [-0.4, -0.2) is 6.11 Å². The van der Waals surface area contributed by atoms with E-state index in [-0.39, 0.29) is 12.2 Å². The van der Waals surface area contributed by atoms with E-state index in [0.29, 0.717) is 17.4 Å². The summed E-state index contributed by atoms with van der Waals surface area (Å²) < 4.78 is 49.1. The van der Waals surface area contributed by atoms with Crippen molar-refractivity contribution in [2.75, 3.05) is 0 Å². The van der Waals surface area contributed by atoms with E-state index in [9.17, 15) is 13.2 Å². The molecule has 2 aliphatic rings. The van der Waals surface area contributed by atoms with Crippen molar-refractivity contribution in [3.8, 4) is 0 Å². The number of rotatable bonds is 13. The first-order valence-electron chi connectivity index (χ1n) is 15.7. The Bertz CT molecular complexity index is 954. The maximum atomic E-state index is 14.9. The minimum absolute atomic E-state index is 0.0222. The minimum atomic E-state index is -3.88. The molecule has 2 aromatic carbocycles. The molecule has 2 fully saturated rings. The highest BCUT2D eigenvalue weighted by atomic mass is 19.3. The van der Waals surface area contributed by atoms with E-state index < -0.39 is 12.3 Å². The second kappa shape index (κ2) is 14.7. The van der Waals surface area contributed by atoms with E-state index in [1.807, 2.05) is 36.4 Å². The highest BCUT2D eigenvalue weighted by Crippen LogP contribution is 2.41. The van der Waals surface area contributed by atoms with E-state index in [4.69, 9.17) is 4.74 Å². The Hall–Kier alpha value is -1.81. The fourth-order valence-electron chi connectivity index (χ4n) is 6.93. The Kier molecular flexibility index (Phi) is 11.4. The van der Waals surface area contributed by atoms with Gasteiger partial charge in [0.1, 0.15) is 0 Å². The van der Waals surface area contributed by atoms with Gasteiger partial charge in [0.05, 0.1) is 6.61 Å². The molecule has 4 rings (SSSR count). The van der Waals surface area contributed by atoms with Crippen LogP contribution in [0.1, 0.15) is 144 Å². The molecule has 216 valence electrons. The van der Waals surface area contributed by atoms with Gasteiger partial charge >= 0.3 is 6.11 Å². The maximum Gasteiger partial charge on any atom is 0.391 e. The van der Waals surface area contributed by atoms with Gasteiger partial charge in [-0.05, 0) is 97.3 Å². The molecule has 0 N–H and O–H groups in total. The van der Waals surface area contributed by atoms with Crippen LogP contribution < -0.4 is 0 Å². The van der Waals surface area contributed by atoms with Crippen molar-refractivity contribution < 1.29 is 17.9 Å². The molecule has 2 aliphatic carbocycles. The standard InChI is InChI=1S/C35H49F3O/c1-3-5-6-8-27-11-17-30(18-12-27)32-21-23-33(24-22-32)34(36)35(37,38)39-25-28-13-19-31(20-14-28)29-15-9-26(7-4-2)10-16-29/h13-14,19-24,26-27,29-30,34H,3-12,15-18,25H2,1-2H3. The molecule has 4 heteroatoms. The average Bonchev–Trinajstić information content (AvgIpc) is 2.97. The van der Waals surface area contributed by atoms with Gasteiger partial charge in [-0.1, -0.05) is 101 Å². The van der Waals surface area contributed by atoms with Crippen LogP contribution in [0.15, 0.2) is 48.5 Å². The lowest BCUT2D eigenvalue weighted by Gasteiger charge is -2.29. The van der Waals surface area contributed by atoms with Crippen molar-refractivity contribution in [1.29, 1.82) is 0 Å². The molecule has 0 heterocycles. The number of unbranched alkanes of at least 4 members (excludes halogenated alkanes) is 2. The second-order valence-electron chi connectivity index (χ2n) is 12.3. The molecule has 39 heavy (non-hydrogen) atoms. The van der Waals surface area contributed by atoms with Crippen molar-refractivity contribution >= 4 is 0 Å². The average molecular weight is 543 g/mol. The van der Waals surface area contributed by atoms with Crippen LogP contribution in [0.25, 0.3) is 0 Å². The molecule has 2 saturated carbocycles. The quantitative estimate of drug-likeness (QED) is 0.229. The molecule has 1 unspecified atom stereocenters. The van der Waals surface area contributed by atoms with Crippen LogP contribution in [0.2, 0.25) is 0 Å². The molecule has 1 nitrogen and oxygen atoms in total. The van der Waals surface area contributed by atoms with Crippen molar-refractivity contribution in [3.05, 3.63) is 70.8 Å². The Morgan fingerprint density at radius 3 is 1.72 bits per heavy atom. The Morgan fingerprint density at radius 2 is 1.21 bits per heavy atom. The monoisotopic (exact) mass is 542 g/mol. The maximum absolute atomic E-state index is 14.9. The van der Waals surface area contributed by atoms with Crippen LogP contribution in [0.3, 0.4) is 0 Å². The van der Waals surface area contributed by atoms with Crippen molar-refractivity contribution in [2.24, 2.45) is 11.8 Å². The molecular formula is C35H49F3O. The fraction of sp³-hybridized carbons (Fsp3) is 0.657. The highest BCUT2D eigenvalue weighted by Gasteiger charge is 2.43. The number of alkyl halides is 3. The highest BCUT2D eigenvalue weighted by molar-refractivity contribution is 5.28. The number of hydrogen-bond donors (Lipinski definition) is 0. The fourth-order valence-corrected chi connectivity index (χ4v) is 6.93. The molecular weight excluding hydrogens is 493 g/mol. The molecule has 1 atom stereocenters. The predicted octanol–water partition coefficient (Wildman–Crippen LogP) is 11.4. The van der Waals surface area contributed by atoms with E-state index in [1.54, 1.807) is 0 Å². The summed E-state index contributed by atoms with van der Waals surface area (Å²) in [5.74, 6) is 2.67. The third kappa shape index (κ3) is 8.59. The number of ether oxygens (including phenoxy) is 1. The third-order valence-electron chi connectivity index (χ3n) is 9.48. The van der Waals surface area contributed by atoms with Crippen LogP contribution in [0.5, 0.6) is 0 Å². The summed E-state index contributed by atoms with van der Waals surface area (Å²) in [6.45, 7) is 4.18. The first-order chi connectivity index (χ1) is 18.9. The van der Waals surface area contributed by atoms with Gasteiger partial charge in [0.2, 0.25) is 6.17 Å². The number of halogens is 3. The van der Waals surface area contributed by atoms with Gasteiger partial charge in [0.15, 0.2) is 0 Å². The van der Waals surface area contributed by atoms with Gasteiger partial charge in [0.25, 0.3) is 0 Å². The van der Waals surface area contributed by atoms with Gasteiger partial charge in [-0.3, -0.25) is 0 Å². The topological polar surface area (TPSA) is 9.23 Å². The zero-order chi connectivity index (χ0) is 27.7. The molecule has 0 spiro atoms. The van der Waals surface area contributed by atoms with Gasteiger partial charge in [-0.15, -0.1) is 0 Å². The summed E-state index contributed by atoms with van der Waals surface area (Å²) in [6.07, 6.45) is 11.1. The normalized spacial score (nSPS) is 24.9. The molecule has 0 saturated heterocycles. The lowest BCUT2D eigenvalue weighted by Crippen LogP contribution is -2.27. The largest absolute Gasteiger partial charge is 0.391 e. The van der Waals surface area contributed by atoms with E-state index in [0.717, 1.165) is 30.2 Å². The molecule has 0 radical (unpaired) electrons. The summed E-state index contributed by atoms with van der Waals surface area (Å²) in [4.78, 5) is 0. The van der Waals surface area contributed by atoms with E-state index in [2.05, 4.69) is 13.8 Å². The third-order valence-corrected chi connectivity index (χ3v) is 9.48. The van der Waals surface area contributed by atoms with Crippen LogP contribution in [0.4, 0.5) is 13.2 Å². The SMILES string of the molecule is CCCCCC1CCC(c2ccc(C(F)C(F)(F)OCc3ccc(C4CCC(CCC)CC4)cc3)cc2)CC1. The predicted molar refractivity (Wildman–Crippen MR) is 155 cm³/mol. The number of benzene rings is 2. The summed E-state index contributed by atoms with van der Waals surface area (Å²) in [6, 6.07) is 14.5. The molecule has 0 amide bonds. The Balaban J connectivity index is 1.24. The smallest absolute Gasteiger partial charge is 0.313 e. The summed E-state index contributed by atoms with van der Waals surface area (Å²) >= 11 is 0. The van der Waals surface area contributed by atoms with Crippen LogP contribution in [-0.2, 0) is 11.3 Å². The molecule has 2 aromatic rings. The lowest BCUT2D eigenvalue weighted by atomic mass is 9.77. The van der Waals surface area contributed by atoms with E-state index >= 15 is 0 Å². The van der Waals surface area contributed by atoms with Crippen LogP contribution in [0, 0.1) is 11.8 Å². The van der Waals surface area contributed by atoms with Gasteiger partial charge in [-0.2, -0.15) is 8.78 Å². The molecule has 0 aliphatic heterocycles. The van der Waals surface area contributed by atoms with Crippen molar-refractivity contribution in [1.82, 2.24) is 0 Å². The van der Waals surface area contributed by atoms with Gasteiger partial charge < -0.3 is 4.74 Å². The second-order valence-corrected chi connectivity index (χ2v) is 12.3. The minimum Gasteiger partial charge on any atom is -0.313 e. The summed E-state index contributed by atoms with van der Waals surface area (Å²) in [5, 5.41) is 0. The van der Waals surface area contributed by atoms with Crippen molar-refractivity contribution in [3.63, 3.8) is 0 Å². The van der Waals surface area contributed by atoms with Crippen LogP contribution >= 0.6 is 0 Å². The molecule has 0 aromatic heterocycles. The zero-order valence-electron chi connectivity index (χ0n) is 24.2. The van der Waals surface area contributed by atoms with Gasteiger partial charge in [-0.25, -0.2) is 4.39 Å². The summed E-state index contributed by atoms with van der Waals surface area (Å²) in [5.41, 5.74) is 3.03. The van der Waals surface area contributed by atoms with E-state index in [1.165, 1.54) is 94.7 Å². The first-order valence-corrected chi connectivity index (χ1v) is 15.7. The molecule has 0 bridgehead atoms. The zero-order valence-corrected chi connectivity index (χ0v) is 24.2. The summed E-state index contributed by atoms with van der Waals surface area (Å²) in [7, 11) is 0. The Morgan fingerprint density at radius 1 is 0.692 bits per heavy atom. The first kappa shape index (κ1) is 30.2. The van der Waals surface area contributed by atoms with Gasteiger partial charge in [0, 0.05) is 0 Å². The lowest BCUT2D eigenvalue weighted by molar-refractivity contribution is -0.282. The Labute approximate surface area is 234 Å². The number of hydrogen-bond acceptors (Lipinski definition) is 1.